The summed E-state index contributed by atoms with van der Waals surface area (Å²) in [6.07, 6.45) is 4.58. The van der Waals surface area contributed by atoms with E-state index in [0.29, 0.717) is 17.2 Å². The van der Waals surface area contributed by atoms with Crippen molar-refractivity contribution in [2.75, 3.05) is 25.5 Å². The number of rotatable bonds is 4. The maximum atomic E-state index is 12.3. The number of hydrogen-bond donors (Lipinski definition) is 1. The van der Waals surface area contributed by atoms with Gasteiger partial charge >= 0.3 is 6.03 Å². The molecule has 1 aliphatic rings. The number of para-hydroxylation sites is 2. The fraction of sp³-hybridized carbons (Fsp3) is 0.350. The zero-order valence-electron chi connectivity index (χ0n) is 14.5. The summed E-state index contributed by atoms with van der Waals surface area (Å²) in [5.74, 6) is 2.03. The largest absolute Gasteiger partial charge is 0.493 e. The summed E-state index contributed by atoms with van der Waals surface area (Å²) in [6, 6.07) is 14.8. The van der Waals surface area contributed by atoms with Gasteiger partial charge in [-0.3, -0.25) is 0 Å². The van der Waals surface area contributed by atoms with E-state index in [1.165, 1.54) is 12.8 Å². The van der Waals surface area contributed by atoms with Gasteiger partial charge in [0.1, 0.15) is 5.75 Å². The number of anilines is 1. The Hall–Kier alpha value is -2.69. The van der Waals surface area contributed by atoms with Crippen LogP contribution in [0.25, 0.3) is 0 Å². The van der Waals surface area contributed by atoms with Crippen molar-refractivity contribution in [1.29, 1.82) is 0 Å². The fourth-order valence-corrected chi connectivity index (χ4v) is 2.91. The molecule has 1 fully saturated rings. The van der Waals surface area contributed by atoms with E-state index in [1.807, 2.05) is 53.4 Å². The molecule has 0 aliphatic carbocycles. The molecule has 5 heteroatoms. The third kappa shape index (κ3) is 4.66. The fourth-order valence-electron chi connectivity index (χ4n) is 2.91. The van der Waals surface area contributed by atoms with Crippen molar-refractivity contribution in [2.24, 2.45) is 0 Å². The van der Waals surface area contributed by atoms with Crippen molar-refractivity contribution < 1.29 is 14.3 Å². The SMILES string of the molecule is COc1ccccc1Oc1ccc(NC(=O)N2CCCCCC2)cc1. The highest BCUT2D eigenvalue weighted by Crippen LogP contribution is 2.31. The maximum absolute atomic E-state index is 12.3. The quantitative estimate of drug-likeness (QED) is 0.861. The number of nitrogens with one attached hydrogen (secondary N) is 1. The number of likely N-dealkylation sites (tertiary alicyclic amines) is 1. The van der Waals surface area contributed by atoms with Gasteiger partial charge in [-0.2, -0.15) is 0 Å². The van der Waals surface area contributed by atoms with Gasteiger partial charge in [-0.25, -0.2) is 4.79 Å². The molecular weight excluding hydrogens is 316 g/mol. The van der Waals surface area contributed by atoms with Gasteiger partial charge in [0, 0.05) is 18.8 Å². The molecule has 25 heavy (non-hydrogen) atoms. The Morgan fingerprint density at radius 2 is 1.56 bits per heavy atom. The minimum absolute atomic E-state index is 0.0275. The molecule has 0 atom stereocenters. The van der Waals surface area contributed by atoms with Crippen molar-refractivity contribution in [3.8, 4) is 17.2 Å². The topological polar surface area (TPSA) is 50.8 Å². The molecular formula is C20H24N2O3. The van der Waals surface area contributed by atoms with E-state index >= 15 is 0 Å². The number of methoxy groups -OCH3 is 1. The predicted molar refractivity (Wildman–Crippen MR) is 98.6 cm³/mol. The first-order chi connectivity index (χ1) is 12.3. The Balaban J connectivity index is 1.61. The molecule has 1 heterocycles. The number of carbonyl (C=O) groups is 1. The zero-order chi connectivity index (χ0) is 17.5. The maximum Gasteiger partial charge on any atom is 0.321 e. The first-order valence-electron chi connectivity index (χ1n) is 8.73. The highest BCUT2D eigenvalue weighted by atomic mass is 16.5. The van der Waals surface area contributed by atoms with E-state index in [1.54, 1.807) is 7.11 Å². The van der Waals surface area contributed by atoms with E-state index in [0.717, 1.165) is 31.6 Å². The number of carbonyl (C=O) groups excluding carboxylic acids is 1. The molecule has 1 saturated heterocycles. The summed E-state index contributed by atoms with van der Waals surface area (Å²) in [7, 11) is 1.61. The van der Waals surface area contributed by atoms with Crippen molar-refractivity contribution in [3.05, 3.63) is 48.5 Å². The molecule has 3 rings (SSSR count). The summed E-state index contributed by atoms with van der Waals surface area (Å²) in [6.45, 7) is 1.67. The Morgan fingerprint density at radius 1 is 0.920 bits per heavy atom. The average Bonchev–Trinajstić information content (AvgIpc) is 2.93. The van der Waals surface area contributed by atoms with Gasteiger partial charge in [-0.15, -0.1) is 0 Å². The van der Waals surface area contributed by atoms with Gasteiger partial charge in [0.15, 0.2) is 11.5 Å². The van der Waals surface area contributed by atoms with Crippen molar-refractivity contribution >= 4 is 11.7 Å². The van der Waals surface area contributed by atoms with Crippen LogP contribution in [0.4, 0.5) is 10.5 Å². The van der Waals surface area contributed by atoms with E-state index in [2.05, 4.69) is 5.32 Å². The molecule has 1 aliphatic heterocycles. The van der Waals surface area contributed by atoms with Crippen LogP contribution in [0.15, 0.2) is 48.5 Å². The second-order valence-electron chi connectivity index (χ2n) is 6.11. The third-order valence-corrected chi connectivity index (χ3v) is 4.30. The number of hydrogen-bond acceptors (Lipinski definition) is 3. The molecule has 2 aromatic rings. The molecule has 0 radical (unpaired) electrons. The molecule has 2 aromatic carbocycles. The van der Waals surface area contributed by atoms with Crippen LogP contribution in [-0.2, 0) is 0 Å². The van der Waals surface area contributed by atoms with Crippen molar-refractivity contribution in [1.82, 2.24) is 4.90 Å². The summed E-state index contributed by atoms with van der Waals surface area (Å²) in [4.78, 5) is 14.2. The van der Waals surface area contributed by atoms with Gasteiger partial charge < -0.3 is 19.7 Å². The molecule has 2 amide bonds. The van der Waals surface area contributed by atoms with Crippen LogP contribution < -0.4 is 14.8 Å². The van der Waals surface area contributed by atoms with E-state index in [9.17, 15) is 4.79 Å². The molecule has 1 N–H and O–H groups in total. The van der Waals surface area contributed by atoms with E-state index in [-0.39, 0.29) is 6.03 Å². The normalized spacial score (nSPS) is 14.5. The highest BCUT2D eigenvalue weighted by molar-refractivity contribution is 5.89. The molecule has 132 valence electrons. The second-order valence-corrected chi connectivity index (χ2v) is 6.11. The summed E-state index contributed by atoms with van der Waals surface area (Å²) < 4.78 is 11.1. The molecule has 0 bridgehead atoms. The minimum atomic E-state index is -0.0275. The lowest BCUT2D eigenvalue weighted by Crippen LogP contribution is -2.35. The lowest BCUT2D eigenvalue weighted by atomic mass is 10.2. The van der Waals surface area contributed by atoms with E-state index in [4.69, 9.17) is 9.47 Å². The minimum Gasteiger partial charge on any atom is -0.493 e. The number of urea groups is 1. The first kappa shape index (κ1) is 17.1. The highest BCUT2D eigenvalue weighted by Gasteiger charge is 2.15. The summed E-state index contributed by atoms with van der Waals surface area (Å²) in [5.41, 5.74) is 0.765. The Labute approximate surface area is 148 Å². The van der Waals surface area contributed by atoms with Gasteiger partial charge in [0.2, 0.25) is 0 Å². The lowest BCUT2D eigenvalue weighted by Gasteiger charge is -2.20. The van der Waals surface area contributed by atoms with Crippen molar-refractivity contribution in [3.63, 3.8) is 0 Å². The number of nitrogens with zero attached hydrogens (tertiary/aromatic N) is 1. The molecule has 5 nitrogen and oxygen atoms in total. The molecule has 0 aromatic heterocycles. The smallest absolute Gasteiger partial charge is 0.321 e. The summed E-state index contributed by atoms with van der Waals surface area (Å²) >= 11 is 0. The number of benzene rings is 2. The Kier molecular flexibility index (Phi) is 5.77. The van der Waals surface area contributed by atoms with Crippen LogP contribution in [0.1, 0.15) is 25.7 Å². The van der Waals surface area contributed by atoms with Crippen LogP contribution in [0.2, 0.25) is 0 Å². The lowest BCUT2D eigenvalue weighted by molar-refractivity contribution is 0.214. The van der Waals surface area contributed by atoms with Gasteiger partial charge in [-0.05, 0) is 49.2 Å². The first-order valence-corrected chi connectivity index (χ1v) is 8.73. The third-order valence-electron chi connectivity index (χ3n) is 4.30. The zero-order valence-corrected chi connectivity index (χ0v) is 14.5. The molecule has 0 spiro atoms. The van der Waals surface area contributed by atoms with Crippen LogP contribution >= 0.6 is 0 Å². The predicted octanol–water partition coefficient (Wildman–Crippen LogP) is 4.90. The Bertz CT molecular complexity index is 692. The Morgan fingerprint density at radius 3 is 2.20 bits per heavy atom. The van der Waals surface area contributed by atoms with Gasteiger partial charge in [-0.1, -0.05) is 25.0 Å². The number of amides is 2. The average molecular weight is 340 g/mol. The van der Waals surface area contributed by atoms with Crippen LogP contribution in [0, 0.1) is 0 Å². The van der Waals surface area contributed by atoms with Crippen molar-refractivity contribution in [2.45, 2.75) is 25.7 Å². The van der Waals surface area contributed by atoms with E-state index < -0.39 is 0 Å². The van der Waals surface area contributed by atoms with Gasteiger partial charge in [0.05, 0.1) is 7.11 Å². The van der Waals surface area contributed by atoms with Crippen LogP contribution in [0.5, 0.6) is 17.2 Å². The number of ether oxygens (including phenoxy) is 2. The standard InChI is InChI=1S/C20H24N2O3/c1-24-18-8-4-5-9-19(18)25-17-12-10-16(11-13-17)21-20(23)22-14-6-2-3-7-15-22/h4-5,8-13H,2-3,6-7,14-15H2,1H3,(H,21,23). The monoisotopic (exact) mass is 340 g/mol. The second kappa shape index (κ2) is 8.42. The van der Waals surface area contributed by atoms with Crippen LogP contribution in [-0.4, -0.2) is 31.1 Å². The molecule has 0 saturated carbocycles. The van der Waals surface area contributed by atoms with Gasteiger partial charge in [0.25, 0.3) is 0 Å². The summed E-state index contributed by atoms with van der Waals surface area (Å²) in [5, 5.41) is 2.96. The van der Waals surface area contributed by atoms with Crippen LogP contribution in [0.3, 0.4) is 0 Å². The molecule has 0 unspecified atom stereocenters.